The summed E-state index contributed by atoms with van der Waals surface area (Å²) in [5.41, 5.74) is 2.56. The van der Waals surface area contributed by atoms with Gasteiger partial charge in [0.2, 0.25) is 5.95 Å². The standard InChI is InChI=1S/C23H31N7O2.2C2HF3O2/c1-26(2)18-6-9-28(10-7-18)22(31)20-16-29(17-24-20)23-25-19(15-27-11-13-32-14-12-27)21-5-3-4-8-30(21)23;2*3-2(4,5)1(6)7/h3-5,8,16-18H,6-7,9-15H2,1-2H3;2*(H,6,7). The first-order valence-corrected chi connectivity index (χ1v) is 13.9. The van der Waals surface area contributed by atoms with E-state index in [2.05, 4.69) is 39.3 Å². The average molecular weight is 666 g/mol. The number of rotatable bonds is 5. The number of pyridine rings is 1. The number of imidazole rings is 2. The number of halogens is 6. The lowest BCUT2D eigenvalue weighted by atomic mass is 10.0. The van der Waals surface area contributed by atoms with Crippen molar-refractivity contribution in [3.05, 3.63) is 48.3 Å². The Morgan fingerprint density at radius 2 is 1.52 bits per heavy atom. The molecule has 0 radical (unpaired) electrons. The Bertz CT molecular complexity index is 1450. The Labute approximate surface area is 258 Å². The van der Waals surface area contributed by atoms with Crippen LogP contribution in [0.1, 0.15) is 29.0 Å². The lowest BCUT2D eigenvalue weighted by Crippen LogP contribution is -2.44. The number of hydrogen-bond donors (Lipinski definition) is 2. The van der Waals surface area contributed by atoms with E-state index in [1.165, 1.54) is 0 Å². The van der Waals surface area contributed by atoms with Crippen molar-refractivity contribution < 1.29 is 55.7 Å². The number of morpholine rings is 1. The van der Waals surface area contributed by atoms with Crippen LogP contribution in [0.3, 0.4) is 0 Å². The average Bonchev–Trinajstić information content (AvgIpc) is 3.63. The van der Waals surface area contributed by atoms with Gasteiger partial charge in [-0.2, -0.15) is 26.3 Å². The number of alkyl halides is 6. The molecule has 5 heterocycles. The summed E-state index contributed by atoms with van der Waals surface area (Å²) in [6.07, 6.45) is -2.67. The van der Waals surface area contributed by atoms with Crippen LogP contribution < -0.4 is 0 Å². The minimum Gasteiger partial charge on any atom is -0.475 e. The predicted molar refractivity (Wildman–Crippen MR) is 148 cm³/mol. The molecule has 46 heavy (non-hydrogen) atoms. The summed E-state index contributed by atoms with van der Waals surface area (Å²) < 4.78 is 72.9. The number of fused-ring (bicyclic) bond motifs is 1. The molecule has 0 atom stereocenters. The number of amides is 1. The van der Waals surface area contributed by atoms with E-state index >= 15 is 0 Å². The van der Waals surface area contributed by atoms with Crippen molar-refractivity contribution in [2.24, 2.45) is 0 Å². The maximum Gasteiger partial charge on any atom is 0.490 e. The third-order valence-corrected chi connectivity index (χ3v) is 7.08. The number of nitrogens with zero attached hydrogens (tertiary/aromatic N) is 7. The van der Waals surface area contributed by atoms with E-state index in [9.17, 15) is 31.1 Å². The fourth-order valence-electron chi connectivity index (χ4n) is 4.64. The molecule has 3 aromatic heterocycles. The number of aliphatic carboxylic acids is 2. The smallest absolute Gasteiger partial charge is 0.475 e. The highest BCUT2D eigenvalue weighted by atomic mass is 19.4. The number of carbonyl (C=O) groups is 3. The summed E-state index contributed by atoms with van der Waals surface area (Å²) >= 11 is 0. The van der Waals surface area contributed by atoms with E-state index in [0.717, 1.165) is 75.9 Å². The largest absolute Gasteiger partial charge is 0.490 e. The summed E-state index contributed by atoms with van der Waals surface area (Å²) in [5, 5.41) is 14.2. The van der Waals surface area contributed by atoms with Crippen molar-refractivity contribution in [3.8, 4) is 5.95 Å². The SMILES string of the molecule is CN(C)C1CCN(C(=O)c2cn(-c3nc(CN4CCOCC4)c4ccccn34)cn2)CC1.O=C(O)C(F)(F)F.O=C(O)C(F)(F)F. The van der Waals surface area contributed by atoms with Crippen molar-refractivity contribution in [2.75, 3.05) is 53.5 Å². The number of hydrogen-bond acceptors (Lipinski definition) is 8. The van der Waals surface area contributed by atoms with E-state index in [4.69, 9.17) is 29.5 Å². The van der Waals surface area contributed by atoms with Gasteiger partial charge >= 0.3 is 24.3 Å². The minimum absolute atomic E-state index is 0.00430. The highest BCUT2D eigenvalue weighted by Crippen LogP contribution is 2.21. The van der Waals surface area contributed by atoms with Crippen LogP contribution in [0.25, 0.3) is 11.5 Å². The Morgan fingerprint density at radius 3 is 2.04 bits per heavy atom. The normalized spacial score (nSPS) is 16.4. The maximum absolute atomic E-state index is 13.0. The third kappa shape index (κ3) is 9.88. The van der Waals surface area contributed by atoms with Gasteiger partial charge < -0.3 is 24.7 Å². The van der Waals surface area contributed by atoms with Gasteiger partial charge in [0, 0.05) is 51.2 Å². The molecule has 254 valence electrons. The molecule has 2 fully saturated rings. The molecule has 5 rings (SSSR count). The Balaban J connectivity index is 0.000000345. The van der Waals surface area contributed by atoms with Crippen LogP contribution >= 0.6 is 0 Å². The third-order valence-electron chi connectivity index (χ3n) is 7.08. The quantitative estimate of drug-likeness (QED) is 0.391. The van der Waals surface area contributed by atoms with Gasteiger partial charge in [0.05, 0.1) is 24.4 Å². The fourth-order valence-corrected chi connectivity index (χ4v) is 4.64. The molecule has 0 unspecified atom stereocenters. The molecule has 2 aliphatic rings. The summed E-state index contributed by atoms with van der Waals surface area (Å²) in [5.74, 6) is -4.77. The van der Waals surface area contributed by atoms with Gasteiger partial charge in [0.1, 0.15) is 12.0 Å². The number of aromatic nitrogens is 4. The topological polar surface area (TPSA) is 146 Å². The first kappa shape index (κ1) is 36.2. The van der Waals surface area contributed by atoms with E-state index in [1.807, 2.05) is 27.8 Å². The van der Waals surface area contributed by atoms with Gasteiger partial charge in [-0.25, -0.2) is 19.6 Å². The molecule has 1 amide bonds. The number of carboxylic acid groups (broad SMARTS) is 2. The first-order valence-electron chi connectivity index (χ1n) is 13.9. The molecule has 0 saturated carbocycles. The number of ether oxygens (including phenoxy) is 1. The molecule has 0 bridgehead atoms. The van der Waals surface area contributed by atoms with Crippen LogP contribution in [-0.4, -0.2) is 134 Å². The maximum atomic E-state index is 13.0. The van der Waals surface area contributed by atoms with Gasteiger partial charge in [0.25, 0.3) is 5.91 Å². The molecule has 3 aromatic rings. The van der Waals surface area contributed by atoms with Crippen molar-refractivity contribution in [2.45, 2.75) is 37.8 Å². The van der Waals surface area contributed by atoms with Crippen molar-refractivity contribution in [1.29, 1.82) is 0 Å². The lowest BCUT2D eigenvalue weighted by Gasteiger charge is -2.34. The fraction of sp³-hybridized carbons (Fsp3) is 0.519. The Hall–Kier alpha value is -4.23. The van der Waals surface area contributed by atoms with E-state index in [-0.39, 0.29) is 5.91 Å². The summed E-state index contributed by atoms with van der Waals surface area (Å²) in [6.45, 7) is 5.66. The molecule has 19 heteroatoms. The van der Waals surface area contributed by atoms with E-state index < -0.39 is 24.3 Å². The first-order chi connectivity index (χ1) is 21.5. The lowest BCUT2D eigenvalue weighted by molar-refractivity contribution is -0.193. The molecular weight excluding hydrogens is 632 g/mol. The van der Waals surface area contributed by atoms with Crippen molar-refractivity contribution in [3.63, 3.8) is 0 Å². The van der Waals surface area contributed by atoms with Crippen LogP contribution in [0.2, 0.25) is 0 Å². The predicted octanol–water partition coefficient (Wildman–Crippen LogP) is 2.79. The number of carboxylic acids is 2. The van der Waals surface area contributed by atoms with Gasteiger partial charge in [-0.15, -0.1) is 0 Å². The summed E-state index contributed by atoms with van der Waals surface area (Å²) in [7, 11) is 4.21. The van der Waals surface area contributed by atoms with Crippen LogP contribution in [0.5, 0.6) is 0 Å². The minimum atomic E-state index is -5.08. The molecule has 2 aliphatic heterocycles. The zero-order chi connectivity index (χ0) is 34.2. The van der Waals surface area contributed by atoms with Crippen LogP contribution in [0.15, 0.2) is 36.9 Å². The Morgan fingerprint density at radius 1 is 0.957 bits per heavy atom. The number of likely N-dealkylation sites (tertiary alicyclic amines) is 1. The van der Waals surface area contributed by atoms with Crippen LogP contribution in [0, 0.1) is 0 Å². The van der Waals surface area contributed by atoms with Gasteiger partial charge in [-0.1, -0.05) is 6.07 Å². The van der Waals surface area contributed by atoms with Crippen molar-refractivity contribution >= 4 is 23.4 Å². The van der Waals surface area contributed by atoms with Crippen LogP contribution in [0.4, 0.5) is 26.3 Å². The zero-order valence-electron chi connectivity index (χ0n) is 24.8. The Kier molecular flexibility index (Phi) is 12.1. The summed E-state index contributed by atoms with van der Waals surface area (Å²) in [4.78, 5) is 46.7. The zero-order valence-corrected chi connectivity index (χ0v) is 24.8. The highest BCUT2D eigenvalue weighted by molar-refractivity contribution is 5.92. The highest BCUT2D eigenvalue weighted by Gasteiger charge is 2.39. The molecule has 0 aromatic carbocycles. The molecule has 2 saturated heterocycles. The summed E-state index contributed by atoms with van der Waals surface area (Å²) in [6, 6.07) is 6.65. The van der Waals surface area contributed by atoms with Gasteiger partial charge in [-0.05, 0) is 39.1 Å². The van der Waals surface area contributed by atoms with Gasteiger partial charge in [-0.3, -0.25) is 18.7 Å². The van der Waals surface area contributed by atoms with Crippen LogP contribution in [-0.2, 0) is 20.9 Å². The van der Waals surface area contributed by atoms with E-state index in [0.29, 0.717) is 11.7 Å². The molecular formula is C27H33F6N7O6. The second kappa shape index (κ2) is 15.4. The second-order valence-corrected chi connectivity index (χ2v) is 10.5. The van der Waals surface area contributed by atoms with E-state index in [1.54, 1.807) is 12.5 Å². The number of piperidine rings is 1. The molecule has 13 nitrogen and oxygen atoms in total. The monoisotopic (exact) mass is 665 g/mol. The van der Waals surface area contributed by atoms with Crippen molar-refractivity contribution in [1.82, 2.24) is 33.6 Å². The number of carbonyl (C=O) groups excluding carboxylic acids is 1. The van der Waals surface area contributed by atoms with Gasteiger partial charge in [0.15, 0.2) is 0 Å². The molecule has 0 spiro atoms. The molecule has 0 aliphatic carbocycles. The molecule has 2 N–H and O–H groups in total. The second-order valence-electron chi connectivity index (χ2n) is 10.5.